The van der Waals surface area contributed by atoms with Crippen LogP contribution < -0.4 is 0 Å². The van der Waals surface area contributed by atoms with Crippen LogP contribution in [-0.2, 0) is 14.5 Å². The van der Waals surface area contributed by atoms with Crippen molar-refractivity contribution < 1.29 is 14.5 Å². The van der Waals surface area contributed by atoms with Gasteiger partial charge in [-0.15, -0.1) is 0 Å². The molecule has 5 rings (SSSR count). The van der Waals surface area contributed by atoms with Crippen molar-refractivity contribution in [3.63, 3.8) is 0 Å². The average molecular weight is 261 g/mol. The predicted octanol–water partition coefficient (Wildman–Crippen LogP) is 2.50. The Balaban J connectivity index is 1.90. The summed E-state index contributed by atoms with van der Waals surface area (Å²) >= 11 is 0. The zero-order valence-corrected chi connectivity index (χ0v) is 11.2. The minimum atomic E-state index is -0.434. The van der Waals surface area contributed by atoms with Crippen molar-refractivity contribution in [2.75, 3.05) is 6.61 Å². The first-order chi connectivity index (χ1) is 9.19. The van der Waals surface area contributed by atoms with E-state index in [4.69, 9.17) is 14.5 Å². The third-order valence-corrected chi connectivity index (χ3v) is 5.50. The average Bonchev–Trinajstić information content (AvgIpc) is 2.63. The Labute approximate surface area is 113 Å². The van der Waals surface area contributed by atoms with Crippen molar-refractivity contribution in [2.24, 2.45) is 11.3 Å². The highest BCUT2D eigenvalue weighted by Gasteiger charge is 2.63. The first kappa shape index (κ1) is 11.9. The Bertz CT molecular complexity index is 480. The molecule has 4 nitrogen and oxygen atoms in total. The minimum absolute atomic E-state index is 0.0605. The van der Waals surface area contributed by atoms with Crippen LogP contribution in [-0.4, -0.2) is 24.4 Å². The summed E-state index contributed by atoms with van der Waals surface area (Å²) in [6.45, 7) is 2.79. The lowest BCUT2D eigenvalue weighted by Gasteiger charge is -2.52. The summed E-state index contributed by atoms with van der Waals surface area (Å²) in [7, 11) is 0. The molecule has 0 aromatic heterocycles. The second-order valence-corrected chi connectivity index (χ2v) is 6.51. The highest BCUT2D eigenvalue weighted by Crippen LogP contribution is 2.59. The number of nitriles is 1. The van der Waals surface area contributed by atoms with Crippen LogP contribution in [0.3, 0.4) is 0 Å². The Morgan fingerprint density at radius 2 is 2.32 bits per heavy atom. The Kier molecular flexibility index (Phi) is 2.39. The van der Waals surface area contributed by atoms with Gasteiger partial charge in [0, 0.05) is 12.3 Å². The van der Waals surface area contributed by atoms with E-state index in [1.165, 1.54) is 5.57 Å². The zero-order valence-electron chi connectivity index (χ0n) is 11.2. The number of nitrogens with zero attached hydrogens (tertiary/aromatic N) is 1. The van der Waals surface area contributed by atoms with Crippen LogP contribution in [0.25, 0.3) is 0 Å². The molecule has 2 bridgehead atoms. The van der Waals surface area contributed by atoms with Crippen LogP contribution in [0.5, 0.6) is 0 Å². The highest BCUT2D eigenvalue weighted by molar-refractivity contribution is 5.29. The molecule has 0 radical (unpaired) electrons. The second-order valence-electron chi connectivity index (χ2n) is 6.51. The molecule has 5 aliphatic rings. The van der Waals surface area contributed by atoms with E-state index in [9.17, 15) is 5.26 Å². The molecule has 3 heterocycles. The van der Waals surface area contributed by atoms with Crippen LogP contribution >= 0.6 is 0 Å². The summed E-state index contributed by atoms with van der Waals surface area (Å²) in [5.41, 5.74) is 0.436. The Morgan fingerprint density at radius 3 is 3.11 bits per heavy atom. The largest absolute Gasteiger partial charge is 0.378 e. The number of fused-ring (bicyclic) bond motifs is 1. The van der Waals surface area contributed by atoms with E-state index >= 15 is 0 Å². The summed E-state index contributed by atoms with van der Waals surface area (Å²) < 4.78 is 5.97. The zero-order chi connectivity index (χ0) is 13.1. The van der Waals surface area contributed by atoms with E-state index in [2.05, 4.69) is 19.1 Å². The lowest BCUT2D eigenvalue weighted by atomic mass is 9.57. The fourth-order valence-electron chi connectivity index (χ4n) is 4.69. The van der Waals surface area contributed by atoms with Gasteiger partial charge in [-0.25, -0.2) is 9.78 Å². The maximum Gasteiger partial charge on any atom is 0.131 e. The van der Waals surface area contributed by atoms with Gasteiger partial charge >= 0.3 is 0 Å². The quantitative estimate of drug-likeness (QED) is 0.496. The molecule has 19 heavy (non-hydrogen) atoms. The van der Waals surface area contributed by atoms with Gasteiger partial charge in [-0.1, -0.05) is 0 Å². The van der Waals surface area contributed by atoms with E-state index in [0.29, 0.717) is 6.61 Å². The van der Waals surface area contributed by atoms with E-state index in [-0.39, 0.29) is 23.5 Å². The van der Waals surface area contributed by atoms with Crippen LogP contribution in [0.4, 0.5) is 0 Å². The number of rotatable bonds is 0. The lowest BCUT2D eigenvalue weighted by molar-refractivity contribution is -0.390. The Morgan fingerprint density at radius 1 is 1.42 bits per heavy atom. The number of hydrogen-bond acceptors (Lipinski definition) is 4. The van der Waals surface area contributed by atoms with E-state index in [1.807, 2.05) is 0 Å². The normalized spacial score (nSPS) is 51.8. The third-order valence-electron chi connectivity index (χ3n) is 5.50. The van der Waals surface area contributed by atoms with Gasteiger partial charge in [-0.2, -0.15) is 5.26 Å². The molecule has 1 spiro atoms. The molecule has 0 aromatic rings. The van der Waals surface area contributed by atoms with Crippen LogP contribution in [0.15, 0.2) is 11.6 Å². The summed E-state index contributed by atoms with van der Waals surface area (Å²) in [5, 5.41) is 9.86. The molecule has 0 aromatic carbocycles. The number of hydrogen-bond donors (Lipinski definition) is 0. The van der Waals surface area contributed by atoms with Crippen LogP contribution in [0, 0.1) is 22.7 Å². The van der Waals surface area contributed by atoms with E-state index in [0.717, 1.165) is 32.1 Å². The molecule has 5 atom stereocenters. The number of ether oxygens (including phenoxy) is 1. The van der Waals surface area contributed by atoms with Gasteiger partial charge in [0.2, 0.25) is 0 Å². The molecule has 2 saturated heterocycles. The van der Waals surface area contributed by atoms with Crippen molar-refractivity contribution >= 4 is 0 Å². The standard InChI is InChI=1S/C15H19NO3/c1-10-7-15-5-6-17-11-3-2-4-14(9-16,13(11)15)8-12(10)18-19-15/h7,11-13H,2-6,8H2,1H3/t11-,12-,13-,14-,15-/m1/s1. The highest BCUT2D eigenvalue weighted by atomic mass is 17.2. The van der Waals surface area contributed by atoms with Crippen molar-refractivity contribution in [2.45, 2.75) is 56.8 Å². The molecule has 0 N–H and O–H groups in total. The molecule has 0 unspecified atom stereocenters. The minimum Gasteiger partial charge on any atom is -0.378 e. The first-order valence-corrected chi connectivity index (χ1v) is 7.26. The van der Waals surface area contributed by atoms with Crippen molar-refractivity contribution in [1.82, 2.24) is 0 Å². The fourth-order valence-corrected chi connectivity index (χ4v) is 4.69. The molecule has 1 saturated carbocycles. The smallest absolute Gasteiger partial charge is 0.131 e. The molecule has 3 aliphatic heterocycles. The molecule has 4 heteroatoms. The van der Waals surface area contributed by atoms with Crippen molar-refractivity contribution in [3.05, 3.63) is 11.6 Å². The molecular formula is C15H19NO3. The van der Waals surface area contributed by atoms with Gasteiger partial charge in [0.25, 0.3) is 0 Å². The van der Waals surface area contributed by atoms with Crippen molar-refractivity contribution in [1.29, 1.82) is 5.26 Å². The lowest BCUT2D eigenvalue weighted by Crippen LogP contribution is -2.58. The fraction of sp³-hybridized carbons (Fsp3) is 0.800. The van der Waals surface area contributed by atoms with Gasteiger partial charge in [0.1, 0.15) is 11.7 Å². The van der Waals surface area contributed by atoms with Gasteiger partial charge < -0.3 is 4.74 Å². The molecule has 3 fully saturated rings. The molecular weight excluding hydrogens is 242 g/mol. The summed E-state index contributed by atoms with van der Waals surface area (Å²) in [6.07, 6.45) is 6.90. The summed E-state index contributed by atoms with van der Waals surface area (Å²) in [5.74, 6) is 0.120. The maximum atomic E-state index is 9.86. The van der Waals surface area contributed by atoms with E-state index < -0.39 is 5.60 Å². The topological polar surface area (TPSA) is 51.5 Å². The van der Waals surface area contributed by atoms with Gasteiger partial charge in [0.15, 0.2) is 0 Å². The predicted molar refractivity (Wildman–Crippen MR) is 66.8 cm³/mol. The third kappa shape index (κ3) is 1.44. The molecule has 0 amide bonds. The van der Waals surface area contributed by atoms with Crippen molar-refractivity contribution in [3.8, 4) is 6.07 Å². The van der Waals surface area contributed by atoms with Gasteiger partial charge in [-0.05, 0) is 44.3 Å². The monoisotopic (exact) mass is 261 g/mol. The van der Waals surface area contributed by atoms with Crippen LogP contribution in [0.1, 0.15) is 39.0 Å². The molecule has 102 valence electrons. The maximum absolute atomic E-state index is 9.86. The van der Waals surface area contributed by atoms with Gasteiger partial charge in [-0.3, -0.25) is 0 Å². The van der Waals surface area contributed by atoms with Gasteiger partial charge in [0.05, 0.1) is 24.2 Å². The Hall–Kier alpha value is -0.890. The molecule has 2 aliphatic carbocycles. The second kappa shape index (κ2) is 3.82. The van der Waals surface area contributed by atoms with Crippen LogP contribution in [0.2, 0.25) is 0 Å². The first-order valence-electron chi connectivity index (χ1n) is 7.26. The summed E-state index contributed by atoms with van der Waals surface area (Å²) in [4.78, 5) is 11.5. The SMILES string of the molecule is CC1=C[C@@]23CCO[C@@H]4CCC[C@](C#N)(C[C@H]1OO2)[C@@H]43. The summed E-state index contributed by atoms with van der Waals surface area (Å²) in [6, 6.07) is 2.63. The van der Waals surface area contributed by atoms with E-state index in [1.54, 1.807) is 0 Å².